The zero-order valence-corrected chi connectivity index (χ0v) is 10.5. The number of anilines is 1. The predicted octanol–water partition coefficient (Wildman–Crippen LogP) is 2.84. The Bertz CT molecular complexity index is 694. The van der Waals surface area contributed by atoms with E-state index in [9.17, 15) is 0 Å². The van der Waals surface area contributed by atoms with Crippen molar-refractivity contribution in [2.45, 2.75) is 6.54 Å². The quantitative estimate of drug-likeness (QED) is 0.776. The number of ether oxygens (including phenoxy) is 1. The molecule has 5 heteroatoms. The van der Waals surface area contributed by atoms with Crippen LogP contribution in [0.25, 0.3) is 11.0 Å². The molecule has 0 aromatic carbocycles. The molecule has 0 aliphatic carbocycles. The van der Waals surface area contributed by atoms with Crippen molar-refractivity contribution in [1.29, 1.82) is 0 Å². The summed E-state index contributed by atoms with van der Waals surface area (Å²) in [5.41, 5.74) is 1.79. The highest BCUT2D eigenvalue weighted by molar-refractivity contribution is 5.87. The van der Waals surface area contributed by atoms with Crippen molar-refractivity contribution in [3.63, 3.8) is 0 Å². The standard InChI is InChI=1S/C14H13N3O2/c1-18-14-10(3-2-6-16-14)9-17-13-11-5-8-19-12(11)4-7-15-13/h2-8H,9H2,1H3,(H,15,17). The molecule has 0 aliphatic rings. The van der Waals surface area contributed by atoms with Crippen LogP contribution < -0.4 is 10.1 Å². The van der Waals surface area contributed by atoms with Crippen LogP contribution in [-0.2, 0) is 6.54 Å². The van der Waals surface area contributed by atoms with E-state index in [-0.39, 0.29) is 0 Å². The van der Waals surface area contributed by atoms with E-state index in [1.54, 1.807) is 25.8 Å². The van der Waals surface area contributed by atoms with E-state index in [0.717, 1.165) is 22.4 Å². The lowest BCUT2D eigenvalue weighted by molar-refractivity contribution is 0.393. The van der Waals surface area contributed by atoms with Crippen LogP contribution in [0.4, 0.5) is 5.82 Å². The molecule has 1 N–H and O–H groups in total. The van der Waals surface area contributed by atoms with Gasteiger partial charge in [0.2, 0.25) is 5.88 Å². The van der Waals surface area contributed by atoms with Gasteiger partial charge in [0.1, 0.15) is 11.4 Å². The third-order valence-corrected chi connectivity index (χ3v) is 2.87. The SMILES string of the molecule is COc1ncccc1CNc1nccc2occc12. The molecule has 0 saturated carbocycles. The Morgan fingerprint density at radius 2 is 2.16 bits per heavy atom. The van der Waals surface area contributed by atoms with E-state index < -0.39 is 0 Å². The predicted molar refractivity (Wildman–Crippen MR) is 72.1 cm³/mol. The Morgan fingerprint density at radius 1 is 1.21 bits per heavy atom. The fourth-order valence-electron chi connectivity index (χ4n) is 1.96. The van der Waals surface area contributed by atoms with Crippen LogP contribution in [0.1, 0.15) is 5.56 Å². The molecule has 0 fully saturated rings. The van der Waals surface area contributed by atoms with Gasteiger partial charge in [0.15, 0.2) is 0 Å². The molecule has 0 aliphatic heterocycles. The van der Waals surface area contributed by atoms with Crippen molar-refractivity contribution in [3.05, 3.63) is 48.5 Å². The van der Waals surface area contributed by atoms with Crippen LogP contribution in [-0.4, -0.2) is 17.1 Å². The number of fused-ring (bicyclic) bond motifs is 1. The molecule has 0 unspecified atom stereocenters. The maximum absolute atomic E-state index is 5.34. The highest BCUT2D eigenvalue weighted by Gasteiger charge is 2.07. The van der Waals surface area contributed by atoms with E-state index in [1.807, 2.05) is 24.3 Å². The second-order valence-corrected chi connectivity index (χ2v) is 4.02. The summed E-state index contributed by atoms with van der Waals surface area (Å²) >= 11 is 0. The summed E-state index contributed by atoms with van der Waals surface area (Å²) in [6.45, 7) is 0.592. The van der Waals surface area contributed by atoms with Crippen LogP contribution in [0, 0.1) is 0 Å². The average molecular weight is 255 g/mol. The van der Waals surface area contributed by atoms with Crippen molar-refractivity contribution >= 4 is 16.8 Å². The zero-order valence-electron chi connectivity index (χ0n) is 10.5. The van der Waals surface area contributed by atoms with Crippen molar-refractivity contribution < 1.29 is 9.15 Å². The van der Waals surface area contributed by atoms with Gasteiger partial charge in [0.05, 0.1) is 18.8 Å². The van der Waals surface area contributed by atoms with E-state index in [2.05, 4.69) is 15.3 Å². The number of hydrogen-bond donors (Lipinski definition) is 1. The smallest absolute Gasteiger partial charge is 0.218 e. The first kappa shape index (κ1) is 11.5. The Balaban J connectivity index is 1.84. The maximum atomic E-state index is 5.34. The third-order valence-electron chi connectivity index (χ3n) is 2.87. The Morgan fingerprint density at radius 3 is 3.05 bits per heavy atom. The first-order valence-corrected chi connectivity index (χ1v) is 5.92. The van der Waals surface area contributed by atoms with Gasteiger partial charge in [-0.2, -0.15) is 0 Å². The molecular formula is C14H13N3O2. The fourth-order valence-corrected chi connectivity index (χ4v) is 1.96. The summed E-state index contributed by atoms with van der Waals surface area (Å²) in [5.74, 6) is 1.41. The number of aromatic nitrogens is 2. The zero-order chi connectivity index (χ0) is 13.1. The Hall–Kier alpha value is -2.56. The van der Waals surface area contributed by atoms with Crippen molar-refractivity contribution in [2.75, 3.05) is 12.4 Å². The van der Waals surface area contributed by atoms with Crippen molar-refractivity contribution in [2.24, 2.45) is 0 Å². The molecule has 3 aromatic rings. The highest BCUT2D eigenvalue weighted by Crippen LogP contribution is 2.23. The number of hydrogen-bond acceptors (Lipinski definition) is 5. The van der Waals surface area contributed by atoms with E-state index in [1.165, 1.54) is 0 Å². The largest absolute Gasteiger partial charge is 0.481 e. The minimum Gasteiger partial charge on any atom is -0.481 e. The number of pyridine rings is 2. The lowest BCUT2D eigenvalue weighted by atomic mass is 10.2. The topological polar surface area (TPSA) is 60.2 Å². The van der Waals surface area contributed by atoms with Gasteiger partial charge in [-0.25, -0.2) is 9.97 Å². The number of nitrogens with zero attached hydrogens (tertiary/aromatic N) is 2. The van der Waals surface area contributed by atoms with Gasteiger partial charge in [-0.1, -0.05) is 6.07 Å². The highest BCUT2D eigenvalue weighted by atomic mass is 16.5. The molecule has 3 heterocycles. The first-order chi connectivity index (χ1) is 9.38. The lowest BCUT2D eigenvalue weighted by Gasteiger charge is -2.09. The third kappa shape index (κ3) is 2.22. The molecule has 0 radical (unpaired) electrons. The summed E-state index contributed by atoms with van der Waals surface area (Å²) in [4.78, 5) is 8.48. The number of methoxy groups -OCH3 is 1. The van der Waals surface area contributed by atoms with Crippen LogP contribution in [0.5, 0.6) is 5.88 Å². The van der Waals surface area contributed by atoms with Gasteiger partial charge in [-0.05, 0) is 18.2 Å². The molecule has 3 rings (SSSR count). The van der Waals surface area contributed by atoms with Gasteiger partial charge < -0.3 is 14.5 Å². The maximum Gasteiger partial charge on any atom is 0.218 e. The summed E-state index contributed by atoms with van der Waals surface area (Å²) in [7, 11) is 1.61. The van der Waals surface area contributed by atoms with Crippen molar-refractivity contribution in [1.82, 2.24) is 9.97 Å². The minimum atomic E-state index is 0.592. The molecule has 19 heavy (non-hydrogen) atoms. The molecule has 0 saturated heterocycles. The van der Waals surface area contributed by atoms with Crippen molar-refractivity contribution in [3.8, 4) is 5.88 Å². The molecule has 0 amide bonds. The summed E-state index contributed by atoms with van der Waals surface area (Å²) in [6, 6.07) is 7.58. The molecule has 0 bridgehead atoms. The number of furan rings is 1. The molecule has 3 aromatic heterocycles. The van der Waals surface area contributed by atoms with Crippen LogP contribution in [0.2, 0.25) is 0 Å². The second-order valence-electron chi connectivity index (χ2n) is 4.02. The fraction of sp³-hybridized carbons (Fsp3) is 0.143. The van der Waals surface area contributed by atoms with Gasteiger partial charge >= 0.3 is 0 Å². The monoisotopic (exact) mass is 255 g/mol. The van der Waals surface area contributed by atoms with Crippen LogP contribution in [0.15, 0.2) is 47.3 Å². The lowest BCUT2D eigenvalue weighted by Crippen LogP contribution is -2.04. The second kappa shape index (κ2) is 4.97. The minimum absolute atomic E-state index is 0.592. The van der Waals surface area contributed by atoms with Gasteiger partial charge in [-0.3, -0.25) is 0 Å². The van der Waals surface area contributed by atoms with E-state index >= 15 is 0 Å². The average Bonchev–Trinajstić information content (AvgIpc) is 2.94. The molecule has 5 nitrogen and oxygen atoms in total. The van der Waals surface area contributed by atoms with Gasteiger partial charge in [-0.15, -0.1) is 0 Å². The Labute approximate surface area is 110 Å². The number of nitrogens with one attached hydrogen (secondary N) is 1. The summed E-state index contributed by atoms with van der Waals surface area (Å²) in [6.07, 6.45) is 5.08. The summed E-state index contributed by atoms with van der Waals surface area (Å²) < 4.78 is 10.6. The van der Waals surface area contributed by atoms with Crippen LogP contribution >= 0.6 is 0 Å². The first-order valence-electron chi connectivity index (χ1n) is 5.92. The van der Waals surface area contributed by atoms with E-state index in [0.29, 0.717) is 12.4 Å². The number of rotatable bonds is 4. The molecular weight excluding hydrogens is 242 g/mol. The van der Waals surface area contributed by atoms with E-state index in [4.69, 9.17) is 9.15 Å². The van der Waals surface area contributed by atoms with Gasteiger partial charge in [0, 0.05) is 24.5 Å². The van der Waals surface area contributed by atoms with Gasteiger partial charge in [0.25, 0.3) is 0 Å². The molecule has 0 atom stereocenters. The molecule has 96 valence electrons. The van der Waals surface area contributed by atoms with Crippen LogP contribution in [0.3, 0.4) is 0 Å². The molecule has 0 spiro atoms. The normalized spacial score (nSPS) is 10.6. The summed E-state index contributed by atoms with van der Waals surface area (Å²) in [5, 5.41) is 4.24. The Kier molecular flexibility index (Phi) is 3.02.